The lowest BCUT2D eigenvalue weighted by molar-refractivity contribution is 0.0953. The van der Waals surface area contributed by atoms with Crippen LogP contribution in [0.1, 0.15) is 52.1 Å². The molecule has 0 spiro atoms. The molecule has 3 aromatic rings. The molecule has 4 nitrogen and oxygen atoms in total. The van der Waals surface area contributed by atoms with Crippen LogP contribution in [0.4, 0.5) is 0 Å². The van der Waals surface area contributed by atoms with E-state index in [1.54, 1.807) is 0 Å². The molecule has 1 N–H and O–H groups in total. The van der Waals surface area contributed by atoms with E-state index in [0.29, 0.717) is 6.54 Å². The van der Waals surface area contributed by atoms with Crippen LogP contribution in [0.15, 0.2) is 30.3 Å². The van der Waals surface area contributed by atoms with Crippen LogP contribution >= 0.6 is 11.3 Å². The number of aryl methyl sites for hydroxylation is 3. The minimum absolute atomic E-state index is 0.00477. The zero-order valence-corrected chi connectivity index (χ0v) is 16.2. The highest BCUT2D eigenvalue weighted by molar-refractivity contribution is 7.20. The highest BCUT2D eigenvalue weighted by Crippen LogP contribution is 2.47. The monoisotopic (exact) mass is 365 g/mol. The highest BCUT2D eigenvalue weighted by Gasteiger charge is 2.44. The van der Waals surface area contributed by atoms with Gasteiger partial charge in [-0.05, 0) is 37.8 Å². The molecular weight excluding hydrogens is 342 g/mol. The van der Waals surface area contributed by atoms with Gasteiger partial charge in [-0.1, -0.05) is 37.3 Å². The fraction of sp³-hybridized carbons (Fsp3) is 0.381. The van der Waals surface area contributed by atoms with Crippen molar-refractivity contribution in [2.45, 2.75) is 45.4 Å². The quantitative estimate of drug-likeness (QED) is 0.732. The standard InChI is InChI=1S/C21H23N3OS/c1-4-16-23-14(3)17-13(2)18(26-20(17)24-16)19(25)22-12-21(10-11-21)15-8-6-5-7-9-15/h5-9H,4,10-12H2,1-3H3,(H,22,25). The van der Waals surface area contributed by atoms with E-state index >= 15 is 0 Å². The van der Waals surface area contributed by atoms with Crippen molar-refractivity contribution in [1.29, 1.82) is 0 Å². The smallest absolute Gasteiger partial charge is 0.261 e. The lowest BCUT2D eigenvalue weighted by atomic mass is 9.96. The molecule has 1 aliphatic rings. The number of rotatable bonds is 5. The molecule has 1 fully saturated rings. The minimum atomic E-state index is 0.00477. The first-order chi connectivity index (χ1) is 12.5. The van der Waals surface area contributed by atoms with Crippen LogP contribution in [-0.4, -0.2) is 22.4 Å². The molecule has 0 saturated heterocycles. The van der Waals surface area contributed by atoms with Gasteiger partial charge in [0, 0.05) is 29.5 Å². The SMILES string of the molecule is CCc1nc(C)c2c(C)c(C(=O)NCC3(c4ccccc4)CC3)sc2n1. The second-order valence-electron chi connectivity index (χ2n) is 7.14. The molecule has 26 heavy (non-hydrogen) atoms. The van der Waals surface area contributed by atoms with Gasteiger partial charge in [-0.25, -0.2) is 9.97 Å². The zero-order chi connectivity index (χ0) is 18.3. The van der Waals surface area contributed by atoms with Gasteiger partial charge in [-0.2, -0.15) is 0 Å². The number of carbonyl (C=O) groups excluding carboxylic acids is 1. The van der Waals surface area contributed by atoms with Gasteiger partial charge in [0.25, 0.3) is 5.91 Å². The van der Waals surface area contributed by atoms with E-state index < -0.39 is 0 Å². The Bertz CT molecular complexity index is 974. The largest absolute Gasteiger partial charge is 0.350 e. The number of nitrogens with zero attached hydrogens (tertiary/aromatic N) is 2. The van der Waals surface area contributed by atoms with Gasteiger partial charge >= 0.3 is 0 Å². The van der Waals surface area contributed by atoms with Gasteiger partial charge < -0.3 is 5.32 Å². The summed E-state index contributed by atoms with van der Waals surface area (Å²) in [5, 5.41) is 4.20. The summed E-state index contributed by atoms with van der Waals surface area (Å²) < 4.78 is 0. The first-order valence-electron chi connectivity index (χ1n) is 9.14. The molecule has 2 aromatic heterocycles. The van der Waals surface area contributed by atoms with Crippen LogP contribution in [0.5, 0.6) is 0 Å². The van der Waals surface area contributed by atoms with Crippen molar-refractivity contribution in [3.8, 4) is 0 Å². The number of aromatic nitrogens is 2. The third-order valence-electron chi connectivity index (χ3n) is 5.37. The fourth-order valence-corrected chi connectivity index (χ4v) is 4.78. The van der Waals surface area contributed by atoms with E-state index in [4.69, 9.17) is 0 Å². The molecule has 0 radical (unpaired) electrons. The number of nitrogens with one attached hydrogen (secondary N) is 1. The van der Waals surface area contributed by atoms with Gasteiger partial charge in [0.2, 0.25) is 0 Å². The minimum Gasteiger partial charge on any atom is -0.350 e. The van der Waals surface area contributed by atoms with Gasteiger partial charge in [0.15, 0.2) is 0 Å². The van der Waals surface area contributed by atoms with E-state index in [-0.39, 0.29) is 11.3 Å². The number of carbonyl (C=O) groups is 1. The van der Waals surface area contributed by atoms with Gasteiger partial charge in [0.05, 0.1) is 4.88 Å². The molecule has 1 amide bonds. The Morgan fingerprint density at radius 1 is 1.19 bits per heavy atom. The number of benzene rings is 1. The molecule has 1 saturated carbocycles. The van der Waals surface area contributed by atoms with Crippen molar-refractivity contribution in [3.63, 3.8) is 0 Å². The highest BCUT2D eigenvalue weighted by atomic mass is 32.1. The van der Waals surface area contributed by atoms with Crippen LogP contribution in [0.25, 0.3) is 10.2 Å². The zero-order valence-electron chi connectivity index (χ0n) is 15.4. The Balaban J connectivity index is 1.57. The molecule has 0 bridgehead atoms. The summed E-state index contributed by atoms with van der Waals surface area (Å²) in [5.74, 6) is 0.842. The van der Waals surface area contributed by atoms with E-state index in [0.717, 1.165) is 51.4 Å². The first kappa shape index (κ1) is 17.2. The maximum absolute atomic E-state index is 12.9. The summed E-state index contributed by atoms with van der Waals surface area (Å²) in [6.45, 7) is 6.74. The molecule has 0 aliphatic heterocycles. The van der Waals surface area contributed by atoms with Crippen molar-refractivity contribution in [2.24, 2.45) is 0 Å². The summed E-state index contributed by atoms with van der Waals surface area (Å²) in [4.78, 5) is 23.7. The molecule has 134 valence electrons. The van der Waals surface area contributed by atoms with Crippen molar-refractivity contribution < 1.29 is 4.79 Å². The second kappa shape index (κ2) is 6.47. The first-order valence-corrected chi connectivity index (χ1v) is 9.96. The van der Waals surface area contributed by atoms with Crippen LogP contribution in [0.3, 0.4) is 0 Å². The predicted octanol–water partition coefficient (Wildman–Crippen LogP) is 4.33. The predicted molar refractivity (Wildman–Crippen MR) is 106 cm³/mol. The summed E-state index contributed by atoms with van der Waals surface area (Å²) in [6.07, 6.45) is 3.06. The average Bonchev–Trinajstić information content (AvgIpc) is 3.38. The Hall–Kier alpha value is -2.27. The number of amides is 1. The van der Waals surface area contributed by atoms with Gasteiger partial charge in [-0.15, -0.1) is 11.3 Å². The molecule has 0 unspecified atom stereocenters. The molecule has 1 aromatic carbocycles. The van der Waals surface area contributed by atoms with E-state index in [1.165, 1.54) is 16.9 Å². The van der Waals surface area contributed by atoms with Crippen LogP contribution in [0.2, 0.25) is 0 Å². The topological polar surface area (TPSA) is 54.9 Å². The third kappa shape index (κ3) is 2.90. The molecule has 0 atom stereocenters. The Kier molecular flexibility index (Phi) is 4.27. The van der Waals surface area contributed by atoms with E-state index in [1.807, 2.05) is 26.8 Å². The van der Waals surface area contributed by atoms with Gasteiger partial charge in [-0.3, -0.25) is 4.79 Å². The van der Waals surface area contributed by atoms with Gasteiger partial charge in [0.1, 0.15) is 10.7 Å². The third-order valence-corrected chi connectivity index (χ3v) is 6.55. The van der Waals surface area contributed by atoms with Crippen molar-refractivity contribution in [3.05, 3.63) is 57.9 Å². The molecule has 2 heterocycles. The Morgan fingerprint density at radius 2 is 1.92 bits per heavy atom. The fourth-order valence-electron chi connectivity index (χ4n) is 3.61. The second-order valence-corrected chi connectivity index (χ2v) is 8.14. The van der Waals surface area contributed by atoms with Crippen LogP contribution in [-0.2, 0) is 11.8 Å². The number of hydrogen-bond donors (Lipinski definition) is 1. The Labute approximate surface area is 157 Å². The van der Waals surface area contributed by atoms with Crippen molar-refractivity contribution >= 4 is 27.5 Å². The molecular formula is C21H23N3OS. The molecule has 5 heteroatoms. The molecule has 4 rings (SSSR count). The average molecular weight is 366 g/mol. The van der Waals surface area contributed by atoms with E-state index in [9.17, 15) is 4.79 Å². The lowest BCUT2D eigenvalue weighted by Crippen LogP contribution is -2.32. The van der Waals surface area contributed by atoms with Crippen LogP contribution in [0, 0.1) is 13.8 Å². The summed E-state index contributed by atoms with van der Waals surface area (Å²) in [5.41, 5.74) is 3.39. The lowest BCUT2D eigenvalue weighted by Gasteiger charge is -2.16. The maximum Gasteiger partial charge on any atom is 0.261 e. The van der Waals surface area contributed by atoms with Crippen molar-refractivity contribution in [2.75, 3.05) is 6.54 Å². The maximum atomic E-state index is 12.9. The van der Waals surface area contributed by atoms with Crippen molar-refractivity contribution in [1.82, 2.24) is 15.3 Å². The summed E-state index contributed by atoms with van der Waals surface area (Å²) in [6, 6.07) is 10.5. The molecule has 1 aliphatic carbocycles. The Morgan fingerprint density at radius 3 is 2.58 bits per heavy atom. The summed E-state index contributed by atoms with van der Waals surface area (Å²) in [7, 11) is 0. The van der Waals surface area contributed by atoms with Crippen LogP contribution < -0.4 is 5.32 Å². The normalized spacial score (nSPS) is 15.2. The number of fused-ring (bicyclic) bond motifs is 1. The number of hydrogen-bond acceptors (Lipinski definition) is 4. The van der Waals surface area contributed by atoms with E-state index in [2.05, 4.69) is 39.6 Å². The number of thiophene rings is 1. The summed E-state index contributed by atoms with van der Waals surface area (Å²) >= 11 is 1.48.